The largest absolute Gasteiger partial charge is 0.322 e. The van der Waals surface area contributed by atoms with Gasteiger partial charge in [-0.1, -0.05) is 27.5 Å². The summed E-state index contributed by atoms with van der Waals surface area (Å²) >= 11 is 11.1. The molecule has 0 aliphatic heterocycles. The van der Waals surface area contributed by atoms with Crippen LogP contribution in [0.2, 0.25) is 5.02 Å². The van der Waals surface area contributed by atoms with Gasteiger partial charge in [0.1, 0.15) is 5.82 Å². The van der Waals surface area contributed by atoms with Crippen molar-refractivity contribution >= 4 is 61.7 Å². The number of hydrogen-bond donors (Lipinski definition) is 1. The third-order valence-corrected chi connectivity index (χ3v) is 4.07. The van der Waals surface area contributed by atoms with E-state index in [2.05, 4.69) is 43.8 Å². The summed E-state index contributed by atoms with van der Waals surface area (Å²) in [6, 6.07) is 9.46. The number of halogens is 4. The van der Waals surface area contributed by atoms with Crippen molar-refractivity contribution in [2.24, 2.45) is 0 Å². The lowest BCUT2D eigenvalue weighted by atomic mass is 10.2. The normalized spacial score (nSPS) is 10.3. The van der Waals surface area contributed by atoms with Crippen LogP contribution in [0.3, 0.4) is 0 Å². The van der Waals surface area contributed by atoms with E-state index in [4.69, 9.17) is 11.6 Å². The number of benzene rings is 2. The maximum Gasteiger partial charge on any atom is 0.256 e. The van der Waals surface area contributed by atoms with E-state index in [0.29, 0.717) is 11.3 Å². The first-order valence-corrected chi connectivity index (χ1v) is 7.44. The Morgan fingerprint density at radius 3 is 2.68 bits per heavy atom. The van der Waals surface area contributed by atoms with Gasteiger partial charge in [0.25, 0.3) is 5.91 Å². The molecule has 0 aromatic heterocycles. The molecule has 0 fully saturated rings. The van der Waals surface area contributed by atoms with Crippen LogP contribution in [-0.2, 0) is 0 Å². The summed E-state index contributed by atoms with van der Waals surface area (Å²) in [5.41, 5.74) is 0.989. The zero-order chi connectivity index (χ0) is 14.0. The molecule has 0 atom stereocenters. The summed E-state index contributed by atoms with van der Waals surface area (Å²) < 4.78 is 14.7. The summed E-state index contributed by atoms with van der Waals surface area (Å²) in [5, 5.41) is 2.65. The molecule has 0 heterocycles. The van der Waals surface area contributed by atoms with Crippen LogP contribution in [0.5, 0.6) is 0 Å². The van der Waals surface area contributed by atoms with Crippen molar-refractivity contribution in [3.05, 3.63) is 60.8 Å². The van der Waals surface area contributed by atoms with Gasteiger partial charge in [-0.15, -0.1) is 0 Å². The zero-order valence-electron chi connectivity index (χ0n) is 9.38. The van der Waals surface area contributed by atoms with E-state index in [0.717, 1.165) is 8.04 Å². The molecule has 6 heteroatoms. The van der Waals surface area contributed by atoms with Crippen LogP contribution < -0.4 is 5.32 Å². The average Bonchev–Trinajstić information content (AvgIpc) is 2.36. The number of anilines is 1. The van der Waals surface area contributed by atoms with Crippen LogP contribution in [0.25, 0.3) is 0 Å². The summed E-state index contributed by atoms with van der Waals surface area (Å²) in [7, 11) is 0. The van der Waals surface area contributed by atoms with E-state index >= 15 is 0 Å². The van der Waals surface area contributed by atoms with Gasteiger partial charge in [0.2, 0.25) is 0 Å². The molecule has 0 unspecified atom stereocenters. The first kappa shape index (κ1) is 14.7. The Hall–Kier alpha value is -0.660. The van der Waals surface area contributed by atoms with E-state index in [9.17, 15) is 9.18 Å². The van der Waals surface area contributed by atoms with E-state index < -0.39 is 5.82 Å². The summed E-state index contributed by atoms with van der Waals surface area (Å²) in [6.45, 7) is 0. The van der Waals surface area contributed by atoms with Gasteiger partial charge in [0.15, 0.2) is 0 Å². The molecule has 19 heavy (non-hydrogen) atoms. The summed E-state index contributed by atoms with van der Waals surface area (Å²) in [5.74, 6) is -0.787. The Kier molecular flexibility index (Phi) is 4.81. The smallest absolute Gasteiger partial charge is 0.256 e. The van der Waals surface area contributed by atoms with E-state index in [1.165, 1.54) is 18.2 Å². The topological polar surface area (TPSA) is 29.1 Å². The van der Waals surface area contributed by atoms with Crippen molar-refractivity contribution in [2.45, 2.75) is 0 Å². The number of rotatable bonds is 2. The second kappa shape index (κ2) is 6.19. The molecule has 0 radical (unpaired) electrons. The third-order valence-electron chi connectivity index (χ3n) is 2.35. The minimum absolute atomic E-state index is 0.0262. The molecule has 0 bridgehead atoms. The lowest BCUT2D eigenvalue weighted by molar-refractivity contribution is 0.102. The minimum Gasteiger partial charge on any atom is -0.322 e. The third kappa shape index (κ3) is 3.67. The maximum absolute atomic E-state index is 13.0. The van der Waals surface area contributed by atoms with Gasteiger partial charge in [0.05, 0.1) is 10.6 Å². The molecule has 0 aliphatic rings. The number of carbonyl (C=O) groups excluding carboxylic acids is 1. The summed E-state index contributed by atoms with van der Waals surface area (Å²) in [6.07, 6.45) is 0. The maximum atomic E-state index is 13.0. The fourth-order valence-corrected chi connectivity index (χ4v) is 2.57. The van der Waals surface area contributed by atoms with E-state index in [1.54, 1.807) is 6.07 Å². The number of hydrogen-bond acceptors (Lipinski definition) is 1. The molecule has 2 aromatic rings. The predicted molar refractivity (Wildman–Crippen MR) is 86.2 cm³/mol. The average molecular weight is 454 g/mol. The molecule has 2 nitrogen and oxygen atoms in total. The van der Waals surface area contributed by atoms with E-state index in [-0.39, 0.29) is 10.9 Å². The SMILES string of the molecule is O=C(Nc1ccc(F)c(Cl)c1)c1cc(Br)ccc1I. The fourth-order valence-electron chi connectivity index (χ4n) is 1.44. The van der Waals surface area contributed by atoms with Crippen LogP contribution in [0, 0.1) is 9.39 Å². The Morgan fingerprint density at radius 1 is 1.26 bits per heavy atom. The predicted octanol–water partition coefficient (Wildman–Crippen LogP) is 5.10. The molecule has 2 rings (SSSR count). The first-order chi connectivity index (χ1) is 8.97. The highest BCUT2D eigenvalue weighted by molar-refractivity contribution is 14.1. The fraction of sp³-hybridized carbons (Fsp3) is 0. The minimum atomic E-state index is -0.517. The van der Waals surface area contributed by atoms with Crippen LogP contribution in [0.4, 0.5) is 10.1 Å². The Bertz CT molecular complexity index is 651. The Morgan fingerprint density at radius 2 is 2.00 bits per heavy atom. The monoisotopic (exact) mass is 453 g/mol. The highest BCUT2D eigenvalue weighted by Crippen LogP contribution is 2.22. The van der Waals surface area contributed by atoms with Crippen molar-refractivity contribution in [1.29, 1.82) is 0 Å². The number of amides is 1. The molecular weight excluding hydrogens is 447 g/mol. The van der Waals surface area contributed by atoms with Gasteiger partial charge in [-0.3, -0.25) is 4.79 Å². The van der Waals surface area contributed by atoms with Crippen molar-refractivity contribution in [1.82, 2.24) is 0 Å². The van der Waals surface area contributed by atoms with E-state index in [1.807, 2.05) is 12.1 Å². The second-order valence-electron chi connectivity index (χ2n) is 3.71. The van der Waals surface area contributed by atoms with Crippen LogP contribution >= 0.6 is 50.1 Å². The van der Waals surface area contributed by atoms with Gasteiger partial charge in [-0.05, 0) is 59.0 Å². The van der Waals surface area contributed by atoms with Crippen LogP contribution in [0.15, 0.2) is 40.9 Å². The van der Waals surface area contributed by atoms with Crippen LogP contribution in [-0.4, -0.2) is 5.91 Å². The van der Waals surface area contributed by atoms with Gasteiger partial charge >= 0.3 is 0 Å². The van der Waals surface area contributed by atoms with Crippen molar-refractivity contribution in [2.75, 3.05) is 5.32 Å². The Balaban J connectivity index is 2.25. The molecule has 98 valence electrons. The van der Waals surface area contributed by atoms with Crippen molar-refractivity contribution in [3.63, 3.8) is 0 Å². The van der Waals surface area contributed by atoms with Gasteiger partial charge in [-0.25, -0.2) is 4.39 Å². The molecule has 1 amide bonds. The molecule has 1 N–H and O–H groups in total. The Labute approximate surface area is 136 Å². The lowest BCUT2D eigenvalue weighted by Crippen LogP contribution is -2.13. The highest BCUT2D eigenvalue weighted by atomic mass is 127. The van der Waals surface area contributed by atoms with Crippen LogP contribution in [0.1, 0.15) is 10.4 Å². The number of nitrogens with one attached hydrogen (secondary N) is 1. The van der Waals surface area contributed by atoms with Gasteiger partial charge in [0, 0.05) is 13.7 Å². The molecule has 0 aliphatic carbocycles. The molecule has 0 spiro atoms. The molecule has 2 aromatic carbocycles. The first-order valence-electron chi connectivity index (χ1n) is 5.19. The van der Waals surface area contributed by atoms with Gasteiger partial charge < -0.3 is 5.32 Å². The standard InChI is InChI=1S/C13H7BrClFINO/c14-7-1-4-12(17)9(5-7)13(19)18-8-2-3-11(16)10(15)6-8/h1-6H,(H,18,19). The summed E-state index contributed by atoms with van der Waals surface area (Å²) in [4.78, 5) is 12.1. The van der Waals surface area contributed by atoms with Crippen molar-refractivity contribution in [3.8, 4) is 0 Å². The molecule has 0 saturated heterocycles. The molecule has 0 saturated carbocycles. The lowest BCUT2D eigenvalue weighted by Gasteiger charge is -2.08. The number of carbonyl (C=O) groups is 1. The van der Waals surface area contributed by atoms with Crippen molar-refractivity contribution < 1.29 is 9.18 Å². The quantitative estimate of drug-likeness (QED) is 0.629. The highest BCUT2D eigenvalue weighted by Gasteiger charge is 2.11. The zero-order valence-corrected chi connectivity index (χ0v) is 13.9. The molecular formula is C13H7BrClFINO. The van der Waals surface area contributed by atoms with Gasteiger partial charge in [-0.2, -0.15) is 0 Å². The second-order valence-corrected chi connectivity index (χ2v) is 6.19.